The van der Waals surface area contributed by atoms with Crippen molar-refractivity contribution in [3.8, 4) is 0 Å². The van der Waals surface area contributed by atoms with Crippen molar-refractivity contribution in [2.45, 2.75) is 18.2 Å². The largest absolute Gasteiger partial charge is 0.207 e. The van der Waals surface area contributed by atoms with Gasteiger partial charge in [0.2, 0.25) is 0 Å². The number of rotatable bonds is 2. The van der Waals surface area contributed by atoms with Gasteiger partial charge in [-0.15, -0.1) is 0 Å². The molecule has 1 rings (SSSR count). The van der Waals surface area contributed by atoms with Crippen LogP contribution >= 0.6 is 31.9 Å². The van der Waals surface area contributed by atoms with Gasteiger partial charge in [0.1, 0.15) is 5.82 Å². The van der Waals surface area contributed by atoms with Gasteiger partial charge in [0.25, 0.3) is 0 Å². The average Bonchev–Trinajstić information content (AvgIpc) is 1.94. The van der Waals surface area contributed by atoms with Gasteiger partial charge in [-0.05, 0) is 24.1 Å². The molecule has 0 spiro atoms. The Bertz CT molecular complexity index is 271. The first-order valence-corrected chi connectivity index (χ1v) is 5.38. The van der Waals surface area contributed by atoms with Gasteiger partial charge < -0.3 is 0 Å². The number of hydrogen-bond acceptors (Lipinski definition) is 0. The Morgan fingerprint density at radius 3 is 2.67 bits per heavy atom. The first-order chi connectivity index (χ1) is 5.59. The maximum absolute atomic E-state index is 13.2. The molecule has 1 aromatic rings. The highest BCUT2D eigenvalue weighted by molar-refractivity contribution is 9.10. The summed E-state index contributed by atoms with van der Waals surface area (Å²) >= 11 is 6.60. The number of alkyl halides is 1. The molecular formula is C9H9Br2F. The molecule has 3 heteroatoms. The summed E-state index contributed by atoms with van der Waals surface area (Å²) in [6.07, 6.45) is 0.721. The van der Waals surface area contributed by atoms with Crippen molar-refractivity contribution in [1.29, 1.82) is 0 Å². The van der Waals surface area contributed by atoms with E-state index in [2.05, 4.69) is 31.9 Å². The van der Waals surface area contributed by atoms with E-state index in [-0.39, 0.29) is 5.82 Å². The smallest absolute Gasteiger partial charge is 0.127 e. The topological polar surface area (TPSA) is 0 Å². The quantitative estimate of drug-likeness (QED) is 0.726. The molecule has 0 N–H and O–H groups in total. The van der Waals surface area contributed by atoms with Crippen molar-refractivity contribution in [1.82, 2.24) is 0 Å². The molecule has 66 valence electrons. The molecule has 12 heavy (non-hydrogen) atoms. The second kappa shape index (κ2) is 4.38. The Morgan fingerprint density at radius 2 is 2.17 bits per heavy atom. The lowest BCUT2D eigenvalue weighted by atomic mass is 10.1. The predicted molar refractivity (Wildman–Crippen MR) is 56.2 cm³/mol. The molecule has 0 radical (unpaired) electrons. The molecule has 0 saturated heterocycles. The van der Waals surface area contributed by atoms with E-state index in [1.807, 2.05) is 13.0 Å². The molecule has 0 saturated carbocycles. The summed E-state index contributed by atoms with van der Waals surface area (Å²) in [5, 5.41) is 0. The molecule has 0 heterocycles. The van der Waals surface area contributed by atoms with Crippen molar-refractivity contribution in [2.24, 2.45) is 0 Å². The van der Waals surface area contributed by atoms with Crippen LogP contribution in [-0.2, 0) is 6.42 Å². The summed E-state index contributed by atoms with van der Waals surface area (Å²) in [5.41, 5.74) is 0.752. The molecule has 0 aliphatic heterocycles. The summed E-state index contributed by atoms with van der Waals surface area (Å²) in [6.45, 7) is 2.00. The monoisotopic (exact) mass is 294 g/mol. The van der Waals surface area contributed by atoms with E-state index < -0.39 is 0 Å². The summed E-state index contributed by atoms with van der Waals surface area (Å²) in [6, 6.07) is 5.15. The summed E-state index contributed by atoms with van der Waals surface area (Å²) in [7, 11) is 0. The van der Waals surface area contributed by atoms with E-state index in [0.717, 1.165) is 16.5 Å². The van der Waals surface area contributed by atoms with Gasteiger partial charge in [0.15, 0.2) is 0 Å². The second-order valence-corrected chi connectivity index (χ2v) is 5.20. The molecule has 0 aromatic heterocycles. The van der Waals surface area contributed by atoms with Crippen LogP contribution in [0.3, 0.4) is 0 Å². The number of hydrogen-bond donors (Lipinski definition) is 0. The lowest BCUT2D eigenvalue weighted by Crippen LogP contribution is -1.98. The summed E-state index contributed by atoms with van der Waals surface area (Å²) < 4.78 is 13.9. The third kappa shape index (κ3) is 2.87. The zero-order valence-corrected chi connectivity index (χ0v) is 9.82. The lowest BCUT2D eigenvalue weighted by Gasteiger charge is -2.04. The van der Waals surface area contributed by atoms with Crippen molar-refractivity contribution < 1.29 is 4.39 Å². The van der Waals surface area contributed by atoms with Crippen LogP contribution in [0.5, 0.6) is 0 Å². The first kappa shape index (κ1) is 10.2. The van der Waals surface area contributed by atoms with E-state index in [1.54, 1.807) is 6.07 Å². The summed E-state index contributed by atoms with van der Waals surface area (Å²) in [4.78, 5) is 0.313. The molecule has 1 atom stereocenters. The highest BCUT2D eigenvalue weighted by Crippen LogP contribution is 2.18. The average molecular weight is 296 g/mol. The van der Waals surface area contributed by atoms with E-state index in [9.17, 15) is 4.39 Å². The fourth-order valence-corrected chi connectivity index (χ4v) is 1.67. The van der Waals surface area contributed by atoms with Gasteiger partial charge in [-0.25, -0.2) is 4.39 Å². The van der Waals surface area contributed by atoms with Crippen molar-refractivity contribution in [2.75, 3.05) is 0 Å². The molecule has 0 bridgehead atoms. The number of halogens is 3. The minimum atomic E-state index is -0.143. The molecular weight excluding hydrogens is 287 g/mol. The Hall–Kier alpha value is 0.110. The van der Waals surface area contributed by atoms with Crippen molar-refractivity contribution in [3.63, 3.8) is 0 Å². The fraction of sp³-hybridized carbons (Fsp3) is 0.333. The SMILES string of the molecule is CC(Br)Cc1ccc(Br)cc1F. The highest BCUT2D eigenvalue weighted by Gasteiger charge is 2.04. The molecule has 0 aliphatic carbocycles. The van der Waals surface area contributed by atoms with E-state index in [4.69, 9.17) is 0 Å². The Labute approximate surface area is 88.4 Å². The summed E-state index contributed by atoms with van der Waals surface area (Å²) in [5.74, 6) is -0.143. The maximum Gasteiger partial charge on any atom is 0.127 e. The van der Waals surface area contributed by atoms with Crippen LogP contribution in [0, 0.1) is 5.82 Å². The lowest BCUT2D eigenvalue weighted by molar-refractivity contribution is 0.608. The Kier molecular flexibility index (Phi) is 3.72. The van der Waals surface area contributed by atoms with Gasteiger partial charge in [-0.1, -0.05) is 44.8 Å². The first-order valence-electron chi connectivity index (χ1n) is 3.67. The third-order valence-electron chi connectivity index (χ3n) is 1.52. The van der Waals surface area contributed by atoms with Crippen LogP contribution in [-0.4, -0.2) is 4.83 Å². The maximum atomic E-state index is 13.2. The van der Waals surface area contributed by atoms with Crippen molar-refractivity contribution in [3.05, 3.63) is 34.1 Å². The normalized spacial score (nSPS) is 13.0. The van der Waals surface area contributed by atoms with Crippen LogP contribution in [0.2, 0.25) is 0 Å². The molecule has 0 amide bonds. The van der Waals surface area contributed by atoms with E-state index in [1.165, 1.54) is 6.07 Å². The van der Waals surface area contributed by atoms with Gasteiger partial charge in [0, 0.05) is 9.30 Å². The van der Waals surface area contributed by atoms with Gasteiger partial charge >= 0.3 is 0 Å². The van der Waals surface area contributed by atoms with Crippen LogP contribution in [0.4, 0.5) is 4.39 Å². The second-order valence-electron chi connectivity index (χ2n) is 2.72. The van der Waals surface area contributed by atoms with Crippen LogP contribution in [0.1, 0.15) is 12.5 Å². The zero-order valence-electron chi connectivity index (χ0n) is 6.65. The molecule has 0 fully saturated rings. The standard InChI is InChI=1S/C9H9Br2F/c1-6(10)4-7-2-3-8(11)5-9(7)12/h2-3,5-6H,4H2,1H3. The third-order valence-corrected chi connectivity index (χ3v) is 2.33. The number of benzene rings is 1. The predicted octanol–water partition coefficient (Wildman–Crippen LogP) is 3.91. The Balaban J connectivity index is 2.86. The fourth-order valence-electron chi connectivity index (χ4n) is 0.990. The molecule has 0 nitrogen and oxygen atoms in total. The highest BCUT2D eigenvalue weighted by atomic mass is 79.9. The molecule has 0 aliphatic rings. The minimum Gasteiger partial charge on any atom is -0.207 e. The minimum absolute atomic E-state index is 0.143. The van der Waals surface area contributed by atoms with E-state index >= 15 is 0 Å². The van der Waals surface area contributed by atoms with Gasteiger partial charge in [0.05, 0.1) is 0 Å². The zero-order chi connectivity index (χ0) is 9.14. The van der Waals surface area contributed by atoms with Crippen LogP contribution in [0.25, 0.3) is 0 Å². The van der Waals surface area contributed by atoms with Gasteiger partial charge in [-0.2, -0.15) is 0 Å². The molecule has 1 aromatic carbocycles. The van der Waals surface area contributed by atoms with Crippen molar-refractivity contribution >= 4 is 31.9 Å². The van der Waals surface area contributed by atoms with Gasteiger partial charge in [-0.3, -0.25) is 0 Å². The van der Waals surface area contributed by atoms with Crippen LogP contribution in [0.15, 0.2) is 22.7 Å². The molecule has 1 unspecified atom stereocenters. The van der Waals surface area contributed by atoms with E-state index in [0.29, 0.717) is 4.83 Å². The Morgan fingerprint density at radius 1 is 1.50 bits per heavy atom. The van der Waals surface area contributed by atoms with Crippen LogP contribution < -0.4 is 0 Å².